The van der Waals surface area contributed by atoms with Crippen molar-refractivity contribution in [2.24, 2.45) is 0 Å². The molecule has 0 aliphatic carbocycles. The van der Waals surface area contributed by atoms with E-state index in [1.807, 2.05) is 19.1 Å². The second kappa shape index (κ2) is 8.37. The molecule has 1 amide bonds. The number of amides is 1. The third-order valence-corrected chi connectivity index (χ3v) is 4.49. The molecule has 0 fully saturated rings. The zero-order chi connectivity index (χ0) is 16.8. The van der Waals surface area contributed by atoms with E-state index in [9.17, 15) is 4.79 Å². The van der Waals surface area contributed by atoms with Gasteiger partial charge in [-0.3, -0.25) is 4.79 Å². The van der Waals surface area contributed by atoms with E-state index in [0.29, 0.717) is 22.9 Å². The van der Waals surface area contributed by atoms with Gasteiger partial charge in [0.15, 0.2) is 0 Å². The van der Waals surface area contributed by atoms with Crippen LogP contribution in [0.25, 0.3) is 0 Å². The molecule has 0 bridgehead atoms. The summed E-state index contributed by atoms with van der Waals surface area (Å²) in [6.07, 6.45) is 2.08. The highest BCUT2D eigenvalue weighted by Gasteiger charge is 2.11. The lowest BCUT2D eigenvalue weighted by atomic mass is 10.1. The monoisotopic (exact) mass is 395 g/mol. The van der Waals surface area contributed by atoms with Crippen molar-refractivity contribution in [2.75, 3.05) is 11.9 Å². The average molecular weight is 397 g/mol. The fourth-order valence-corrected chi connectivity index (χ4v) is 2.69. The van der Waals surface area contributed by atoms with Crippen LogP contribution in [0.5, 0.6) is 5.75 Å². The van der Waals surface area contributed by atoms with Crippen molar-refractivity contribution < 1.29 is 9.53 Å². The number of carbonyl (C=O) groups is 1. The van der Waals surface area contributed by atoms with E-state index in [0.717, 1.165) is 28.6 Å². The van der Waals surface area contributed by atoms with Crippen LogP contribution in [0.4, 0.5) is 5.69 Å². The molecule has 0 heterocycles. The van der Waals surface area contributed by atoms with Gasteiger partial charge < -0.3 is 10.1 Å². The topological polar surface area (TPSA) is 38.3 Å². The average Bonchev–Trinajstić information content (AvgIpc) is 2.53. The number of halogens is 2. The molecule has 0 saturated carbocycles. The van der Waals surface area contributed by atoms with Gasteiger partial charge in [-0.05, 0) is 65.2 Å². The normalized spacial score (nSPS) is 10.4. The second-order valence-electron chi connectivity index (χ2n) is 5.21. The smallest absolute Gasteiger partial charge is 0.255 e. The predicted molar refractivity (Wildman–Crippen MR) is 98.7 cm³/mol. The molecular weight excluding hydrogens is 378 g/mol. The molecule has 0 aliphatic heterocycles. The summed E-state index contributed by atoms with van der Waals surface area (Å²) in [5, 5.41) is 3.51. The van der Waals surface area contributed by atoms with Gasteiger partial charge in [0, 0.05) is 16.3 Å². The summed E-state index contributed by atoms with van der Waals surface area (Å²) < 4.78 is 6.44. The van der Waals surface area contributed by atoms with Crippen LogP contribution in [0.1, 0.15) is 35.7 Å². The predicted octanol–water partition coefficient (Wildman–Crippen LogP) is 5.84. The van der Waals surface area contributed by atoms with Crippen LogP contribution in [-0.2, 0) is 0 Å². The minimum absolute atomic E-state index is 0.184. The highest BCUT2D eigenvalue weighted by atomic mass is 79.9. The minimum atomic E-state index is -0.184. The fourth-order valence-electron chi connectivity index (χ4n) is 2.02. The third kappa shape index (κ3) is 4.72. The van der Waals surface area contributed by atoms with E-state index in [1.165, 1.54) is 0 Å². The molecule has 23 heavy (non-hydrogen) atoms. The van der Waals surface area contributed by atoms with Crippen LogP contribution in [0.15, 0.2) is 40.9 Å². The number of anilines is 1. The summed E-state index contributed by atoms with van der Waals surface area (Å²) >= 11 is 9.53. The van der Waals surface area contributed by atoms with E-state index in [2.05, 4.69) is 28.2 Å². The first-order valence-corrected chi connectivity index (χ1v) is 8.69. The second-order valence-corrected chi connectivity index (χ2v) is 6.48. The molecule has 3 nitrogen and oxygen atoms in total. The number of ether oxygens (including phenoxy) is 1. The molecular formula is C18H19BrClNO2. The summed E-state index contributed by atoms with van der Waals surface area (Å²) in [6, 6.07) is 10.8. The Morgan fingerprint density at radius 2 is 2.09 bits per heavy atom. The van der Waals surface area contributed by atoms with Crippen molar-refractivity contribution >= 4 is 39.1 Å². The van der Waals surface area contributed by atoms with Crippen LogP contribution in [0.3, 0.4) is 0 Å². The summed E-state index contributed by atoms with van der Waals surface area (Å²) in [6.45, 7) is 4.66. The van der Waals surface area contributed by atoms with Gasteiger partial charge in [-0.15, -0.1) is 0 Å². The van der Waals surface area contributed by atoms with Crippen molar-refractivity contribution in [3.8, 4) is 5.75 Å². The maximum atomic E-state index is 12.4. The number of unbranched alkanes of at least 4 members (excludes halogenated alkanes) is 1. The summed E-state index contributed by atoms with van der Waals surface area (Å²) in [5.74, 6) is 0.560. The van der Waals surface area contributed by atoms with Gasteiger partial charge >= 0.3 is 0 Å². The Kier molecular flexibility index (Phi) is 6.48. The minimum Gasteiger partial charge on any atom is -0.492 e. The molecule has 5 heteroatoms. The number of hydrogen-bond donors (Lipinski definition) is 1. The third-order valence-electron chi connectivity index (χ3n) is 3.47. The lowest BCUT2D eigenvalue weighted by Crippen LogP contribution is -2.13. The Labute approximate surface area is 150 Å². The van der Waals surface area contributed by atoms with Gasteiger partial charge in [-0.25, -0.2) is 0 Å². The first-order chi connectivity index (χ1) is 11.0. The molecule has 0 atom stereocenters. The Morgan fingerprint density at radius 1 is 1.30 bits per heavy atom. The number of rotatable bonds is 6. The van der Waals surface area contributed by atoms with Gasteiger partial charge in [0.25, 0.3) is 5.91 Å². The lowest BCUT2D eigenvalue weighted by molar-refractivity contribution is 0.102. The number of benzene rings is 2. The van der Waals surface area contributed by atoms with E-state index in [-0.39, 0.29) is 5.91 Å². The molecule has 2 aromatic rings. The Balaban J connectivity index is 2.10. The SMILES string of the molecule is CCCCOc1ccc(C(=O)Nc2cccc(Cl)c2C)cc1Br. The summed E-state index contributed by atoms with van der Waals surface area (Å²) in [5.41, 5.74) is 2.11. The Morgan fingerprint density at radius 3 is 2.78 bits per heavy atom. The molecule has 122 valence electrons. The van der Waals surface area contributed by atoms with Crippen LogP contribution < -0.4 is 10.1 Å². The maximum absolute atomic E-state index is 12.4. The lowest BCUT2D eigenvalue weighted by Gasteiger charge is -2.11. The van der Waals surface area contributed by atoms with Crippen LogP contribution >= 0.6 is 27.5 Å². The Bertz CT molecular complexity index is 703. The van der Waals surface area contributed by atoms with E-state index < -0.39 is 0 Å². The van der Waals surface area contributed by atoms with Crippen LogP contribution in [-0.4, -0.2) is 12.5 Å². The molecule has 0 radical (unpaired) electrons. The van der Waals surface area contributed by atoms with E-state index in [4.69, 9.17) is 16.3 Å². The van der Waals surface area contributed by atoms with Crippen molar-refractivity contribution in [1.82, 2.24) is 0 Å². The maximum Gasteiger partial charge on any atom is 0.255 e. The van der Waals surface area contributed by atoms with Crippen LogP contribution in [0.2, 0.25) is 5.02 Å². The van der Waals surface area contributed by atoms with Gasteiger partial charge in [0.2, 0.25) is 0 Å². The van der Waals surface area contributed by atoms with Gasteiger partial charge in [0.05, 0.1) is 11.1 Å². The standard InChI is InChI=1S/C18H19BrClNO2/c1-3-4-10-23-17-9-8-13(11-14(17)19)18(22)21-16-7-5-6-15(20)12(16)2/h5-9,11H,3-4,10H2,1-2H3,(H,21,22). The fraction of sp³-hybridized carbons (Fsp3) is 0.278. The molecule has 2 rings (SSSR count). The van der Waals surface area contributed by atoms with Crippen molar-refractivity contribution in [3.05, 3.63) is 57.0 Å². The molecule has 2 aromatic carbocycles. The number of nitrogens with one attached hydrogen (secondary N) is 1. The highest BCUT2D eigenvalue weighted by molar-refractivity contribution is 9.10. The van der Waals surface area contributed by atoms with Crippen molar-refractivity contribution in [3.63, 3.8) is 0 Å². The molecule has 0 aromatic heterocycles. The first kappa shape index (κ1) is 17.8. The molecule has 0 saturated heterocycles. The largest absolute Gasteiger partial charge is 0.492 e. The van der Waals surface area contributed by atoms with Gasteiger partial charge in [-0.1, -0.05) is 31.0 Å². The summed E-state index contributed by atoms with van der Waals surface area (Å²) in [7, 11) is 0. The highest BCUT2D eigenvalue weighted by Crippen LogP contribution is 2.28. The van der Waals surface area contributed by atoms with Gasteiger partial charge in [-0.2, -0.15) is 0 Å². The Hall–Kier alpha value is -1.52. The van der Waals surface area contributed by atoms with Crippen molar-refractivity contribution in [2.45, 2.75) is 26.7 Å². The molecule has 0 unspecified atom stereocenters. The van der Waals surface area contributed by atoms with Crippen molar-refractivity contribution in [1.29, 1.82) is 0 Å². The molecule has 0 aliphatic rings. The van der Waals surface area contributed by atoms with Crippen LogP contribution in [0, 0.1) is 6.92 Å². The first-order valence-electron chi connectivity index (χ1n) is 7.51. The zero-order valence-electron chi connectivity index (χ0n) is 13.2. The molecule has 1 N–H and O–H groups in total. The summed E-state index contributed by atoms with van der Waals surface area (Å²) in [4.78, 5) is 12.4. The van der Waals surface area contributed by atoms with E-state index >= 15 is 0 Å². The quantitative estimate of drug-likeness (QED) is 0.623. The zero-order valence-corrected chi connectivity index (χ0v) is 15.5. The van der Waals surface area contributed by atoms with E-state index in [1.54, 1.807) is 24.3 Å². The molecule has 0 spiro atoms. The van der Waals surface area contributed by atoms with Gasteiger partial charge in [0.1, 0.15) is 5.75 Å². The number of carbonyl (C=O) groups excluding carboxylic acids is 1. The number of hydrogen-bond acceptors (Lipinski definition) is 2.